The van der Waals surface area contributed by atoms with E-state index in [0.717, 1.165) is 17.9 Å². The molecule has 0 spiro atoms. The Balaban J connectivity index is 2.27. The molecule has 1 heterocycles. The fourth-order valence-corrected chi connectivity index (χ4v) is 2.47. The van der Waals surface area contributed by atoms with Crippen LogP contribution in [0.25, 0.3) is 0 Å². The van der Waals surface area contributed by atoms with Crippen LogP contribution in [0.1, 0.15) is 5.56 Å². The molecule has 6 heteroatoms. The van der Waals surface area contributed by atoms with Crippen LogP contribution in [0.5, 0.6) is 0 Å². The molecule has 0 unspecified atom stereocenters. The summed E-state index contributed by atoms with van der Waals surface area (Å²) in [6.45, 7) is 0.730. The van der Waals surface area contributed by atoms with Crippen LogP contribution >= 0.6 is 11.3 Å². The first-order valence-corrected chi connectivity index (χ1v) is 6.74. The van der Waals surface area contributed by atoms with Crippen LogP contribution in [-0.4, -0.2) is 19.0 Å². The molecule has 0 atom stereocenters. The molecular formula is C13H15N3O2S. The lowest BCUT2D eigenvalue weighted by atomic mass is 10.2. The van der Waals surface area contributed by atoms with Crippen LogP contribution in [0.4, 0.5) is 17.1 Å². The second-order valence-electron chi connectivity index (χ2n) is 4.23. The molecule has 0 saturated carbocycles. The van der Waals surface area contributed by atoms with Crippen LogP contribution in [0.3, 0.4) is 0 Å². The van der Waals surface area contributed by atoms with Gasteiger partial charge in [0, 0.05) is 44.1 Å². The smallest absolute Gasteiger partial charge is 0.273 e. The Bertz CT molecular complexity index is 569. The zero-order chi connectivity index (χ0) is 13.8. The van der Waals surface area contributed by atoms with Gasteiger partial charge in [-0.1, -0.05) is 0 Å². The quantitative estimate of drug-likeness (QED) is 0.672. The molecule has 100 valence electrons. The Hall–Kier alpha value is -2.08. The third kappa shape index (κ3) is 3.23. The molecule has 2 aromatic rings. The van der Waals surface area contributed by atoms with E-state index in [4.69, 9.17) is 0 Å². The minimum atomic E-state index is -0.372. The third-order valence-corrected chi connectivity index (χ3v) is 3.57. The molecule has 0 fully saturated rings. The summed E-state index contributed by atoms with van der Waals surface area (Å²) < 4.78 is 0. The summed E-state index contributed by atoms with van der Waals surface area (Å²) in [5.74, 6) is 0. The maximum Gasteiger partial charge on any atom is 0.273 e. The van der Waals surface area contributed by atoms with Gasteiger partial charge in [-0.15, -0.1) is 0 Å². The van der Waals surface area contributed by atoms with E-state index in [2.05, 4.69) is 16.8 Å². The SMILES string of the molecule is CNc1cc(N(C)Cc2ccsc2)cc([N+](=O)[O-])c1. The molecule has 0 bridgehead atoms. The largest absolute Gasteiger partial charge is 0.388 e. The monoisotopic (exact) mass is 277 g/mol. The van der Waals surface area contributed by atoms with Crippen molar-refractivity contribution in [1.29, 1.82) is 0 Å². The van der Waals surface area contributed by atoms with E-state index < -0.39 is 0 Å². The van der Waals surface area contributed by atoms with Gasteiger partial charge >= 0.3 is 0 Å². The minimum absolute atomic E-state index is 0.0963. The fraction of sp³-hybridized carbons (Fsp3) is 0.231. The highest BCUT2D eigenvalue weighted by atomic mass is 32.1. The lowest BCUT2D eigenvalue weighted by Gasteiger charge is -2.19. The first-order valence-electron chi connectivity index (χ1n) is 5.79. The van der Waals surface area contributed by atoms with Crippen molar-refractivity contribution in [3.63, 3.8) is 0 Å². The second kappa shape index (κ2) is 5.71. The molecule has 5 nitrogen and oxygen atoms in total. The molecule has 0 amide bonds. The van der Waals surface area contributed by atoms with Gasteiger partial charge in [0.2, 0.25) is 0 Å². The number of thiophene rings is 1. The molecule has 1 N–H and O–H groups in total. The molecule has 0 saturated heterocycles. The number of anilines is 2. The molecule has 19 heavy (non-hydrogen) atoms. The zero-order valence-electron chi connectivity index (χ0n) is 10.8. The zero-order valence-corrected chi connectivity index (χ0v) is 11.6. The van der Waals surface area contributed by atoms with Crippen molar-refractivity contribution in [3.05, 3.63) is 50.7 Å². The van der Waals surface area contributed by atoms with Crippen LogP contribution < -0.4 is 10.2 Å². The van der Waals surface area contributed by atoms with E-state index in [1.807, 2.05) is 23.4 Å². The van der Waals surface area contributed by atoms with Crippen molar-refractivity contribution in [2.45, 2.75) is 6.54 Å². The van der Waals surface area contributed by atoms with Crippen molar-refractivity contribution in [2.75, 3.05) is 24.3 Å². The van der Waals surface area contributed by atoms with Crippen molar-refractivity contribution < 1.29 is 4.92 Å². The molecule has 0 radical (unpaired) electrons. The summed E-state index contributed by atoms with van der Waals surface area (Å²) in [6, 6.07) is 7.08. The number of non-ortho nitro benzene ring substituents is 1. The van der Waals surface area contributed by atoms with Crippen LogP contribution in [-0.2, 0) is 6.54 Å². The van der Waals surface area contributed by atoms with E-state index in [0.29, 0.717) is 0 Å². The predicted molar refractivity (Wildman–Crippen MR) is 79.1 cm³/mol. The van der Waals surface area contributed by atoms with Gasteiger partial charge in [-0.3, -0.25) is 10.1 Å². The first kappa shape index (κ1) is 13.4. The first-order chi connectivity index (χ1) is 9.10. The van der Waals surface area contributed by atoms with Gasteiger partial charge in [0.05, 0.1) is 4.92 Å². The molecule has 0 aliphatic rings. The summed E-state index contributed by atoms with van der Waals surface area (Å²) in [4.78, 5) is 12.5. The topological polar surface area (TPSA) is 58.4 Å². The Morgan fingerprint density at radius 3 is 2.79 bits per heavy atom. The van der Waals surface area contributed by atoms with Crippen LogP contribution in [0, 0.1) is 10.1 Å². The van der Waals surface area contributed by atoms with Gasteiger partial charge < -0.3 is 10.2 Å². The van der Waals surface area contributed by atoms with E-state index in [1.165, 1.54) is 11.6 Å². The number of hydrogen-bond acceptors (Lipinski definition) is 5. The van der Waals surface area contributed by atoms with Crippen molar-refractivity contribution in [1.82, 2.24) is 0 Å². The maximum atomic E-state index is 10.9. The Labute approximate surface area is 115 Å². The van der Waals surface area contributed by atoms with Crippen LogP contribution in [0.2, 0.25) is 0 Å². The number of rotatable bonds is 5. The van der Waals surface area contributed by atoms with E-state index >= 15 is 0 Å². The second-order valence-corrected chi connectivity index (χ2v) is 5.01. The summed E-state index contributed by atoms with van der Waals surface area (Å²) >= 11 is 1.65. The third-order valence-electron chi connectivity index (χ3n) is 2.84. The number of hydrogen-bond donors (Lipinski definition) is 1. The molecule has 2 rings (SSSR count). The summed E-state index contributed by atoms with van der Waals surface area (Å²) in [5.41, 5.74) is 2.86. The Kier molecular flexibility index (Phi) is 4.01. The maximum absolute atomic E-state index is 10.9. The normalized spacial score (nSPS) is 10.2. The van der Waals surface area contributed by atoms with Crippen LogP contribution in [0.15, 0.2) is 35.0 Å². The van der Waals surface area contributed by atoms with E-state index in [1.54, 1.807) is 24.5 Å². The van der Waals surface area contributed by atoms with Crippen molar-refractivity contribution >= 4 is 28.4 Å². The van der Waals surface area contributed by atoms with Gasteiger partial charge in [-0.2, -0.15) is 11.3 Å². The Morgan fingerprint density at radius 1 is 1.42 bits per heavy atom. The number of nitrogens with one attached hydrogen (secondary N) is 1. The number of benzene rings is 1. The average molecular weight is 277 g/mol. The summed E-state index contributed by atoms with van der Waals surface area (Å²) in [6.07, 6.45) is 0. The highest BCUT2D eigenvalue weighted by Crippen LogP contribution is 2.27. The van der Waals surface area contributed by atoms with E-state index in [-0.39, 0.29) is 10.6 Å². The molecule has 0 aliphatic carbocycles. The van der Waals surface area contributed by atoms with E-state index in [9.17, 15) is 10.1 Å². The van der Waals surface area contributed by atoms with Gasteiger partial charge in [-0.25, -0.2) is 0 Å². The average Bonchev–Trinajstić information content (AvgIpc) is 2.90. The number of nitrogens with zero attached hydrogens (tertiary/aromatic N) is 2. The fourth-order valence-electron chi connectivity index (χ4n) is 1.81. The van der Waals surface area contributed by atoms with Crippen molar-refractivity contribution in [3.8, 4) is 0 Å². The minimum Gasteiger partial charge on any atom is -0.388 e. The van der Waals surface area contributed by atoms with Gasteiger partial charge in [0.15, 0.2) is 0 Å². The lowest BCUT2D eigenvalue weighted by molar-refractivity contribution is -0.384. The molecule has 1 aromatic carbocycles. The summed E-state index contributed by atoms with van der Waals surface area (Å²) in [7, 11) is 3.68. The Morgan fingerprint density at radius 2 is 2.21 bits per heavy atom. The predicted octanol–water partition coefficient (Wildman–Crippen LogP) is 3.33. The number of nitro groups is 1. The summed E-state index contributed by atoms with van der Waals surface area (Å²) in [5, 5.41) is 18.0. The number of nitro benzene ring substituents is 1. The highest BCUT2D eigenvalue weighted by molar-refractivity contribution is 7.07. The van der Waals surface area contributed by atoms with Gasteiger partial charge in [-0.05, 0) is 28.5 Å². The highest BCUT2D eigenvalue weighted by Gasteiger charge is 2.12. The molecule has 1 aromatic heterocycles. The van der Waals surface area contributed by atoms with Gasteiger partial charge in [0.1, 0.15) is 0 Å². The molecule has 0 aliphatic heterocycles. The lowest BCUT2D eigenvalue weighted by Crippen LogP contribution is -2.16. The van der Waals surface area contributed by atoms with Gasteiger partial charge in [0.25, 0.3) is 5.69 Å². The molecular weight excluding hydrogens is 262 g/mol. The standard InChI is InChI=1S/C13H15N3O2S/c1-14-11-5-12(7-13(6-11)16(17)18)15(2)8-10-3-4-19-9-10/h3-7,9,14H,8H2,1-2H3. The van der Waals surface area contributed by atoms with Crippen molar-refractivity contribution in [2.24, 2.45) is 0 Å².